The summed E-state index contributed by atoms with van der Waals surface area (Å²) in [5.41, 5.74) is 7.11. The molecule has 0 fully saturated rings. The van der Waals surface area contributed by atoms with Crippen LogP contribution in [0.4, 0.5) is 5.95 Å². The highest BCUT2D eigenvalue weighted by Crippen LogP contribution is 2.28. The van der Waals surface area contributed by atoms with Gasteiger partial charge in [0, 0.05) is 57.1 Å². The Kier molecular flexibility index (Phi) is 10.4. The summed E-state index contributed by atoms with van der Waals surface area (Å²) in [7, 11) is 7.50. The predicted octanol–water partition coefficient (Wildman–Crippen LogP) is 2.81. The first-order chi connectivity index (χ1) is 18.4. The van der Waals surface area contributed by atoms with Gasteiger partial charge in [-0.1, -0.05) is 31.7 Å². The third-order valence-electron chi connectivity index (χ3n) is 6.29. The lowest BCUT2D eigenvalue weighted by atomic mass is 10.00. The van der Waals surface area contributed by atoms with E-state index >= 15 is 0 Å². The molecule has 0 aliphatic heterocycles. The first-order valence-electron chi connectivity index (χ1n) is 12.6. The van der Waals surface area contributed by atoms with E-state index in [9.17, 15) is 4.79 Å². The summed E-state index contributed by atoms with van der Waals surface area (Å²) in [5.74, 6) is 0.927. The Morgan fingerprint density at radius 1 is 1.29 bits per heavy atom. The number of hydrogen-bond donors (Lipinski definition) is 3. The lowest BCUT2D eigenvalue weighted by molar-refractivity contribution is -0.115. The van der Waals surface area contributed by atoms with Crippen molar-refractivity contribution in [2.75, 3.05) is 53.2 Å². The van der Waals surface area contributed by atoms with Crippen molar-refractivity contribution in [3.63, 3.8) is 0 Å². The second-order valence-corrected chi connectivity index (χ2v) is 8.90. The summed E-state index contributed by atoms with van der Waals surface area (Å²) in [5, 5.41) is 10.5. The number of carbonyl (C=O) groups is 1. The number of ether oxygens (including phenoxy) is 1. The second-order valence-electron chi connectivity index (χ2n) is 8.90. The molecule has 0 saturated carbocycles. The molecule has 202 valence electrons. The van der Waals surface area contributed by atoms with Gasteiger partial charge >= 0.3 is 0 Å². The number of anilines is 1. The van der Waals surface area contributed by atoms with Crippen LogP contribution in [0, 0.1) is 0 Å². The molecule has 0 saturated heterocycles. The van der Waals surface area contributed by atoms with Gasteiger partial charge in [-0.15, -0.1) is 0 Å². The average molecular weight is 519 g/mol. The molecule has 3 N–H and O–H groups in total. The topological polar surface area (TPSA) is 107 Å². The van der Waals surface area contributed by atoms with Crippen LogP contribution >= 0.6 is 0 Å². The average Bonchev–Trinajstić information content (AvgIpc) is 2.94. The SMILES string of the molecule is C=CC(=O)NC1=C(N(C)CCN(C)CC)C=C(OC)C(Nc2nccc(-c3cccc(/C=N\NC)c3)n2)C1. The molecule has 3 rings (SSSR count). The van der Waals surface area contributed by atoms with Crippen LogP contribution in [0.5, 0.6) is 0 Å². The van der Waals surface area contributed by atoms with Crippen molar-refractivity contribution in [2.24, 2.45) is 5.10 Å². The Bertz CT molecular complexity index is 1210. The lowest BCUT2D eigenvalue weighted by Gasteiger charge is -2.32. The number of carbonyl (C=O) groups excluding carboxylic acids is 1. The Hall–Kier alpha value is -4.18. The summed E-state index contributed by atoms with van der Waals surface area (Å²) in [6.07, 6.45) is 7.18. The van der Waals surface area contributed by atoms with Crippen LogP contribution in [-0.4, -0.2) is 85.8 Å². The quantitative estimate of drug-likeness (QED) is 0.211. The van der Waals surface area contributed by atoms with E-state index in [0.717, 1.165) is 53.6 Å². The van der Waals surface area contributed by atoms with E-state index in [0.29, 0.717) is 12.4 Å². The molecule has 2 aromatic rings. The van der Waals surface area contributed by atoms with Crippen LogP contribution in [0.2, 0.25) is 0 Å². The summed E-state index contributed by atoms with van der Waals surface area (Å²) in [4.78, 5) is 25.8. The minimum Gasteiger partial charge on any atom is -0.499 e. The minimum absolute atomic E-state index is 0.260. The van der Waals surface area contributed by atoms with Crippen molar-refractivity contribution < 1.29 is 9.53 Å². The molecule has 1 atom stereocenters. The van der Waals surface area contributed by atoms with E-state index < -0.39 is 0 Å². The number of rotatable bonds is 13. The largest absolute Gasteiger partial charge is 0.499 e. The van der Waals surface area contributed by atoms with Gasteiger partial charge in [-0.25, -0.2) is 9.97 Å². The van der Waals surface area contributed by atoms with E-state index in [1.807, 2.05) is 43.5 Å². The summed E-state index contributed by atoms with van der Waals surface area (Å²) in [6.45, 7) is 8.37. The molecule has 1 aliphatic rings. The molecule has 1 heterocycles. The van der Waals surface area contributed by atoms with Crippen molar-refractivity contribution in [3.05, 3.63) is 78.0 Å². The molecular formula is C28H38N8O2. The van der Waals surface area contributed by atoms with Crippen LogP contribution in [0.15, 0.2) is 77.5 Å². The third-order valence-corrected chi connectivity index (χ3v) is 6.29. The number of nitrogens with zero attached hydrogens (tertiary/aromatic N) is 5. The molecule has 0 radical (unpaired) electrons. The Labute approximate surface area is 225 Å². The van der Waals surface area contributed by atoms with Crippen molar-refractivity contribution in [1.82, 2.24) is 30.5 Å². The second kappa shape index (κ2) is 13.9. The van der Waals surface area contributed by atoms with Crippen LogP contribution in [0.1, 0.15) is 18.9 Å². The zero-order valence-corrected chi connectivity index (χ0v) is 22.9. The van der Waals surface area contributed by atoms with Gasteiger partial charge in [0.2, 0.25) is 11.9 Å². The number of allylic oxidation sites excluding steroid dienone is 1. The number of likely N-dealkylation sites (N-methyl/N-ethyl adjacent to an activating group) is 2. The summed E-state index contributed by atoms with van der Waals surface area (Å²) >= 11 is 0. The van der Waals surface area contributed by atoms with E-state index in [1.54, 1.807) is 26.6 Å². The van der Waals surface area contributed by atoms with Crippen molar-refractivity contribution in [2.45, 2.75) is 19.4 Å². The maximum atomic E-state index is 12.3. The van der Waals surface area contributed by atoms with Crippen molar-refractivity contribution in [3.8, 4) is 11.3 Å². The number of hydrogen-bond acceptors (Lipinski definition) is 9. The predicted molar refractivity (Wildman–Crippen MR) is 152 cm³/mol. The highest BCUT2D eigenvalue weighted by atomic mass is 16.5. The standard InChI is InChI=1S/C28H38N8O2/c1-7-27(37)32-23-17-24(26(38-6)18-25(23)36(5)15-14-35(4)8-2)34-28-30-13-12-22(33-28)21-11-9-10-20(16-21)19-31-29-3/h7,9-13,16,18-19,24,29H,1,8,14-15,17H2,2-6H3,(H,32,37)(H,30,33,34)/b31-19-. The monoisotopic (exact) mass is 518 g/mol. The minimum atomic E-state index is -0.278. The number of methoxy groups -OCH3 is 1. The first-order valence-corrected chi connectivity index (χ1v) is 12.6. The normalized spacial score (nSPS) is 15.3. The molecule has 0 spiro atoms. The van der Waals surface area contributed by atoms with E-state index in [2.05, 4.69) is 56.5 Å². The van der Waals surface area contributed by atoms with Crippen molar-refractivity contribution >= 4 is 18.1 Å². The van der Waals surface area contributed by atoms with Gasteiger partial charge in [0.25, 0.3) is 0 Å². The molecule has 1 aromatic carbocycles. The fraction of sp³-hybridized carbons (Fsp3) is 0.357. The van der Waals surface area contributed by atoms with E-state index in [1.165, 1.54) is 6.08 Å². The molecule has 10 heteroatoms. The Balaban J connectivity index is 1.85. The first kappa shape index (κ1) is 28.4. The molecule has 1 unspecified atom stereocenters. The molecule has 10 nitrogen and oxygen atoms in total. The van der Waals surface area contributed by atoms with Gasteiger partial charge in [0.15, 0.2) is 0 Å². The van der Waals surface area contributed by atoms with Crippen LogP contribution in [0.3, 0.4) is 0 Å². The molecule has 1 amide bonds. The van der Waals surface area contributed by atoms with E-state index in [-0.39, 0.29) is 11.9 Å². The van der Waals surface area contributed by atoms with Gasteiger partial charge < -0.3 is 30.6 Å². The third kappa shape index (κ3) is 7.66. The number of amides is 1. The highest BCUT2D eigenvalue weighted by Gasteiger charge is 2.27. The zero-order chi connectivity index (χ0) is 27.5. The van der Waals surface area contributed by atoms with Gasteiger partial charge in [0.05, 0.1) is 30.8 Å². The van der Waals surface area contributed by atoms with Crippen molar-refractivity contribution in [1.29, 1.82) is 0 Å². The highest BCUT2D eigenvalue weighted by molar-refractivity contribution is 5.88. The van der Waals surface area contributed by atoms with Crippen LogP contribution in [-0.2, 0) is 9.53 Å². The maximum Gasteiger partial charge on any atom is 0.247 e. The van der Waals surface area contributed by atoms with Gasteiger partial charge in [-0.3, -0.25) is 4.79 Å². The number of benzene rings is 1. The summed E-state index contributed by atoms with van der Waals surface area (Å²) in [6, 6.07) is 9.53. The number of aromatic nitrogens is 2. The smallest absolute Gasteiger partial charge is 0.247 e. The Morgan fingerprint density at radius 3 is 2.82 bits per heavy atom. The van der Waals surface area contributed by atoms with Gasteiger partial charge in [0.1, 0.15) is 5.76 Å². The molecule has 1 aliphatic carbocycles. The molecule has 1 aromatic heterocycles. The number of hydrazone groups is 1. The van der Waals surface area contributed by atoms with E-state index in [4.69, 9.17) is 9.72 Å². The molecule has 38 heavy (non-hydrogen) atoms. The molecular weight excluding hydrogens is 480 g/mol. The van der Waals surface area contributed by atoms with Crippen LogP contribution in [0.25, 0.3) is 11.3 Å². The lowest BCUT2D eigenvalue weighted by Crippen LogP contribution is -2.38. The van der Waals surface area contributed by atoms with Crippen LogP contribution < -0.4 is 16.1 Å². The Morgan fingerprint density at radius 2 is 2.11 bits per heavy atom. The summed E-state index contributed by atoms with van der Waals surface area (Å²) < 4.78 is 5.77. The fourth-order valence-corrected chi connectivity index (χ4v) is 3.97. The van der Waals surface area contributed by atoms with Gasteiger partial charge in [-0.05, 0) is 37.4 Å². The zero-order valence-electron chi connectivity index (χ0n) is 22.9. The maximum absolute atomic E-state index is 12.3. The van der Waals surface area contributed by atoms with Gasteiger partial charge in [-0.2, -0.15) is 5.10 Å². The number of nitrogens with one attached hydrogen (secondary N) is 3. The fourth-order valence-electron chi connectivity index (χ4n) is 3.97. The molecule has 0 bridgehead atoms.